The number of carbonyl (C=O) groups is 1. The van der Waals surface area contributed by atoms with Crippen LogP contribution in [-0.2, 0) is 4.79 Å². The van der Waals surface area contributed by atoms with Crippen molar-refractivity contribution in [2.75, 3.05) is 19.5 Å². The molecular weight excluding hydrogens is 344 g/mol. The van der Waals surface area contributed by atoms with E-state index in [1.807, 2.05) is 38.1 Å². The van der Waals surface area contributed by atoms with Crippen LogP contribution in [0.15, 0.2) is 48.2 Å². The van der Waals surface area contributed by atoms with Crippen LogP contribution in [-0.4, -0.2) is 25.1 Å². The van der Waals surface area contributed by atoms with Crippen molar-refractivity contribution in [1.82, 2.24) is 10.3 Å². The van der Waals surface area contributed by atoms with Gasteiger partial charge in [0.25, 0.3) is 5.91 Å². The lowest BCUT2D eigenvalue weighted by Crippen LogP contribution is -2.28. The molecule has 0 bridgehead atoms. The fourth-order valence-corrected chi connectivity index (χ4v) is 2.40. The van der Waals surface area contributed by atoms with Crippen LogP contribution in [0.1, 0.15) is 24.2 Å². The molecule has 0 fully saturated rings. The number of benzene rings is 1. The summed E-state index contributed by atoms with van der Waals surface area (Å²) in [6, 6.07) is 12.4. The molecule has 7 heteroatoms. The SMILES string of the molecule is COc1ccc(C(C)NC(=O)/C(C#N)=C\Nc2cccc(C)n2)cc1OC. The van der Waals surface area contributed by atoms with E-state index >= 15 is 0 Å². The Morgan fingerprint density at radius 1 is 1.22 bits per heavy atom. The first kappa shape index (κ1) is 19.8. The maximum atomic E-state index is 12.4. The Morgan fingerprint density at radius 2 is 1.96 bits per heavy atom. The molecule has 0 aliphatic rings. The second-order valence-electron chi connectivity index (χ2n) is 5.79. The molecular formula is C20H22N4O3. The van der Waals surface area contributed by atoms with Crippen LogP contribution < -0.4 is 20.1 Å². The molecule has 1 amide bonds. The van der Waals surface area contributed by atoms with Crippen molar-refractivity contribution in [3.05, 3.63) is 59.4 Å². The normalized spacial score (nSPS) is 11.9. The van der Waals surface area contributed by atoms with Gasteiger partial charge in [-0.3, -0.25) is 4.79 Å². The molecule has 2 rings (SSSR count). The van der Waals surface area contributed by atoms with E-state index in [9.17, 15) is 10.1 Å². The number of pyridine rings is 1. The molecule has 0 radical (unpaired) electrons. The van der Waals surface area contributed by atoms with Gasteiger partial charge in [-0.2, -0.15) is 5.26 Å². The summed E-state index contributed by atoms with van der Waals surface area (Å²) in [6.45, 7) is 3.68. The largest absolute Gasteiger partial charge is 0.493 e. The van der Waals surface area contributed by atoms with Crippen molar-refractivity contribution in [2.24, 2.45) is 0 Å². The van der Waals surface area contributed by atoms with E-state index in [4.69, 9.17) is 9.47 Å². The highest BCUT2D eigenvalue weighted by Crippen LogP contribution is 2.29. The average molecular weight is 366 g/mol. The second kappa shape index (κ2) is 9.25. The van der Waals surface area contributed by atoms with Gasteiger partial charge in [0.1, 0.15) is 17.5 Å². The van der Waals surface area contributed by atoms with Gasteiger partial charge in [-0.15, -0.1) is 0 Å². The number of amides is 1. The first-order chi connectivity index (χ1) is 13.0. The molecule has 0 saturated heterocycles. The number of nitrogens with zero attached hydrogens (tertiary/aromatic N) is 2. The predicted octanol–water partition coefficient (Wildman–Crippen LogP) is 3.10. The van der Waals surface area contributed by atoms with E-state index < -0.39 is 5.91 Å². The first-order valence-electron chi connectivity index (χ1n) is 8.31. The predicted molar refractivity (Wildman–Crippen MR) is 102 cm³/mol. The van der Waals surface area contributed by atoms with E-state index in [-0.39, 0.29) is 11.6 Å². The highest BCUT2D eigenvalue weighted by molar-refractivity contribution is 5.97. The molecule has 1 aromatic carbocycles. The van der Waals surface area contributed by atoms with Gasteiger partial charge >= 0.3 is 0 Å². The smallest absolute Gasteiger partial charge is 0.263 e. The summed E-state index contributed by atoms with van der Waals surface area (Å²) in [5, 5.41) is 15.0. The number of nitrogens with one attached hydrogen (secondary N) is 2. The Morgan fingerprint density at radius 3 is 2.59 bits per heavy atom. The lowest BCUT2D eigenvalue weighted by Gasteiger charge is -2.16. The summed E-state index contributed by atoms with van der Waals surface area (Å²) in [4.78, 5) is 16.7. The molecule has 2 N–H and O–H groups in total. The molecule has 0 aliphatic carbocycles. The van der Waals surface area contributed by atoms with Gasteiger partial charge in [0.15, 0.2) is 11.5 Å². The summed E-state index contributed by atoms with van der Waals surface area (Å²) in [5.74, 6) is 1.25. The number of anilines is 1. The van der Waals surface area contributed by atoms with E-state index in [1.165, 1.54) is 6.20 Å². The fraction of sp³-hybridized carbons (Fsp3) is 0.250. The number of rotatable bonds is 7. The molecule has 1 unspecified atom stereocenters. The number of hydrogen-bond acceptors (Lipinski definition) is 6. The standard InChI is InChI=1S/C20H22N4O3/c1-13-6-5-7-19(23-13)22-12-16(11-21)20(25)24-14(2)15-8-9-17(26-3)18(10-15)27-4/h5-10,12,14H,1-4H3,(H,22,23)(H,24,25)/b16-12-. The van der Waals surface area contributed by atoms with Gasteiger partial charge in [-0.25, -0.2) is 4.98 Å². The molecule has 2 aromatic rings. The highest BCUT2D eigenvalue weighted by atomic mass is 16.5. The topological polar surface area (TPSA) is 96.3 Å². The maximum Gasteiger partial charge on any atom is 0.263 e. The van der Waals surface area contributed by atoms with Gasteiger partial charge in [0, 0.05) is 11.9 Å². The van der Waals surface area contributed by atoms with Crippen molar-refractivity contribution in [3.63, 3.8) is 0 Å². The van der Waals surface area contributed by atoms with Crippen LogP contribution in [0.2, 0.25) is 0 Å². The summed E-state index contributed by atoms with van der Waals surface area (Å²) in [7, 11) is 3.11. The summed E-state index contributed by atoms with van der Waals surface area (Å²) < 4.78 is 10.5. The van der Waals surface area contributed by atoms with E-state index in [2.05, 4.69) is 15.6 Å². The molecule has 0 aliphatic heterocycles. The quantitative estimate of drug-likeness (QED) is 0.577. The Hall–Kier alpha value is -3.53. The number of ether oxygens (including phenoxy) is 2. The van der Waals surface area contributed by atoms with Gasteiger partial charge < -0.3 is 20.1 Å². The third-order valence-electron chi connectivity index (χ3n) is 3.87. The lowest BCUT2D eigenvalue weighted by atomic mass is 10.1. The summed E-state index contributed by atoms with van der Waals surface area (Å²) >= 11 is 0. The van der Waals surface area contributed by atoms with Crippen molar-refractivity contribution < 1.29 is 14.3 Å². The van der Waals surface area contributed by atoms with E-state index in [1.54, 1.807) is 32.4 Å². The third kappa shape index (κ3) is 5.22. The Kier molecular flexibility index (Phi) is 6.78. The van der Waals surface area contributed by atoms with Crippen LogP contribution >= 0.6 is 0 Å². The Bertz CT molecular complexity index is 887. The third-order valence-corrected chi connectivity index (χ3v) is 3.87. The lowest BCUT2D eigenvalue weighted by molar-refractivity contribution is -0.117. The zero-order valence-corrected chi connectivity index (χ0v) is 15.7. The van der Waals surface area contributed by atoms with Crippen LogP contribution in [0.3, 0.4) is 0 Å². The molecule has 27 heavy (non-hydrogen) atoms. The zero-order valence-electron chi connectivity index (χ0n) is 15.7. The van der Waals surface area contributed by atoms with Crippen molar-refractivity contribution >= 4 is 11.7 Å². The average Bonchev–Trinajstić information content (AvgIpc) is 2.67. The van der Waals surface area contributed by atoms with Crippen molar-refractivity contribution in [3.8, 4) is 17.6 Å². The van der Waals surface area contributed by atoms with E-state index in [0.717, 1.165) is 11.3 Å². The highest BCUT2D eigenvalue weighted by Gasteiger charge is 2.15. The minimum atomic E-state index is -0.486. The van der Waals surface area contributed by atoms with E-state index in [0.29, 0.717) is 17.3 Å². The molecule has 0 saturated carbocycles. The summed E-state index contributed by atoms with van der Waals surface area (Å²) in [5.41, 5.74) is 1.61. The van der Waals surface area contributed by atoms with Gasteiger partial charge in [-0.05, 0) is 43.7 Å². The van der Waals surface area contributed by atoms with Gasteiger partial charge in [0.2, 0.25) is 0 Å². The van der Waals surface area contributed by atoms with Crippen molar-refractivity contribution in [2.45, 2.75) is 19.9 Å². The van der Waals surface area contributed by atoms with Crippen LogP contribution in [0.5, 0.6) is 11.5 Å². The Balaban J connectivity index is 2.09. The van der Waals surface area contributed by atoms with Crippen molar-refractivity contribution in [1.29, 1.82) is 5.26 Å². The van der Waals surface area contributed by atoms with Crippen LogP contribution in [0.25, 0.3) is 0 Å². The number of aromatic nitrogens is 1. The molecule has 1 heterocycles. The fourth-order valence-electron chi connectivity index (χ4n) is 2.40. The summed E-state index contributed by atoms with van der Waals surface area (Å²) in [6.07, 6.45) is 1.35. The molecule has 1 aromatic heterocycles. The number of nitriles is 1. The number of carbonyl (C=O) groups excluding carboxylic acids is 1. The van der Waals surface area contributed by atoms with Crippen LogP contribution in [0, 0.1) is 18.3 Å². The van der Waals surface area contributed by atoms with Gasteiger partial charge in [-0.1, -0.05) is 12.1 Å². The Labute approximate surface area is 158 Å². The first-order valence-corrected chi connectivity index (χ1v) is 8.31. The van der Waals surface area contributed by atoms with Gasteiger partial charge in [0.05, 0.1) is 20.3 Å². The molecule has 0 spiro atoms. The number of hydrogen-bond donors (Lipinski definition) is 2. The minimum Gasteiger partial charge on any atom is -0.493 e. The minimum absolute atomic E-state index is 0.0503. The molecule has 140 valence electrons. The zero-order chi connectivity index (χ0) is 19.8. The van der Waals surface area contributed by atoms with Crippen LogP contribution in [0.4, 0.5) is 5.82 Å². The molecule has 7 nitrogen and oxygen atoms in total. The number of aryl methyl sites for hydroxylation is 1. The molecule has 1 atom stereocenters. The monoisotopic (exact) mass is 366 g/mol. The second-order valence-corrected chi connectivity index (χ2v) is 5.79. The maximum absolute atomic E-state index is 12.4. The number of methoxy groups -OCH3 is 2.